The first-order chi connectivity index (χ1) is 9.04. The third kappa shape index (κ3) is 3.58. The number of benzene rings is 1. The topological polar surface area (TPSA) is 15.3 Å². The molecule has 1 heterocycles. The molecule has 0 atom stereocenters. The van der Waals surface area contributed by atoms with Gasteiger partial charge in [0.1, 0.15) is 0 Å². The molecule has 1 aromatic rings. The second kappa shape index (κ2) is 6.06. The number of likely N-dealkylation sites (tertiary alicyclic amines) is 1. The second-order valence-corrected chi connectivity index (χ2v) is 6.26. The SMILES string of the molecule is CNC1(CCc2ccc(C)cc2C)CCN(C)CC1. The second-order valence-electron chi connectivity index (χ2n) is 6.26. The van der Waals surface area contributed by atoms with Crippen LogP contribution in [-0.2, 0) is 6.42 Å². The minimum Gasteiger partial charge on any atom is -0.314 e. The number of nitrogens with zero attached hydrogens (tertiary/aromatic N) is 1. The zero-order valence-electron chi connectivity index (χ0n) is 12.9. The summed E-state index contributed by atoms with van der Waals surface area (Å²) >= 11 is 0. The van der Waals surface area contributed by atoms with Crippen LogP contribution in [-0.4, -0.2) is 37.6 Å². The summed E-state index contributed by atoms with van der Waals surface area (Å²) in [6.07, 6.45) is 4.98. The fourth-order valence-corrected chi connectivity index (χ4v) is 3.17. The molecule has 2 heteroatoms. The molecule has 19 heavy (non-hydrogen) atoms. The van der Waals surface area contributed by atoms with Gasteiger partial charge in [0.05, 0.1) is 0 Å². The van der Waals surface area contributed by atoms with Crippen molar-refractivity contribution in [3.63, 3.8) is 0 Å². The van der Waals surface area contributed by atoms with E-state index in [1.54, 1.807) is 0 Å². The van der Waals surface area contributed by atoms with E-state index in [0.717, 1.165) is 0 Å². The lowest BCUT2D eigenvalue weighted by molar-refractivity contribution is 0.156. The van der Waals surface area contributed by atoms with Crippen LogP contribution >= 0.6 is 0 Å². The Bertz CT molecular complexity index is 417. The fraction of sp³-hybridized carbons (Fsp3) is 0.647. The van der Waals surface area contributed by atoms with Crippen LogP contribution < -0.4 is 5.32 Å². The molecule has 1 aliphatic heterocycles. The van der Waals surface area contributed by atoms with E-state index in [2.05, 4.69) is 56.4 Å². The number of piperidine rings is 1. The van der Waals surface area contributed by atoms with Gasteiger partial charge >= 0.3 is 0 Å². The summed E-state index contributed by atoms with van der Waals surface area (Å²) in [5.74, 6) is 0. The molecule has 1 N–H and O–H groups in total. The molecule has 0 saturated carbocycles. The van der Waals surface area contributed by atoms with Crippen molar-refractivity contribution in [1.82, 2.24) is 10.2 Å². The van der Waals surface area contributed by atoms with Crippen LogP contribution in [0, 0.1) is 13.8 Å². The summed E-state index contributed by atoms with van der Waals surface area (Å²) in [6, 6.07) is 6.85. The van der Waals surface area contributed by atoms with Gasteiger partial charge in [-0.2, -0.15) is 0 Å². The Morgan fingerprint density at radius 2 is 1.89 bits per heavy atom. The van der Waals surface area contributed by atoms with Crippen molar-refractivity contribution in [2.45, 2.75) is 45.1 Å². The lowest BCUT2D eigenvalue weighted by Gasteiger charge is -2.41. The van der Waals surface area contributed by atoms with Crippen molar-refractivity contribution in [1.29, 1.82) is 0 Å². The van der Waals surface area contributed by atoms with Crippen LogP contribution in [0.2, 0.25) is 0 Å². The monoisotopic (exact) mass is 260 g/mol. The largest absolute Gasteiger partial charge is 0.314 e. The number of hydrogen-bond donors (Lipinski definition) is 1. The molecule has 0 amide bonds. The van der Waals surface area contributed by atoms with E-state index in [4.69, 9.17) is 0 Å². The van der Waals surface area contributed by atoms with E-state index in [1.807, 2.05) is 0 Å². The Morgan fingerprint density at radius 3 is 2.47 bits per heavy atom. The fourth-order valence-electron chi connectivity index (χ4n) is 3.17. The van der Waals surface area contributed by atoms with Gasteiger partial charge in [0.2, 0.25) is 0 Å². The highest BCUT2D eigenvalue weighted by atomic mass is 15.1. The minimum absolute atomic E-state index is 0.351. The van der Waals surface area contributed by atoms with Crippen LogP contribution in [0.4, 0.5) is 0 Å². The third-order valence-corrected chi connectivity index (χ3v) is 4.85. The number of nitrogens with one attached hydrogen (secondary N) is 1. The molecule has 0 bridgehead atoms. The molecule has 1 saturated heterocycles. The van der Waals surface area contributed by atoms with Crippen molar-refractivity contribution in [3.8, 4) is 0 Å². The Balaban J connectivity index is 2.00. The zero-order chi connectivity index (χ0) is 13.9. The molecule has 2 nitrogen and oxygen atoms in total. The molecule has 1 aliphatic rings. The van der Waals surface area contributed by atoms with Crippen molar-refractivity contribution in [2.24, 2.45) is 0 Å². The van der Waals surface area contributed by atoms with Crippen LogP contribution in [0.1, 0.15) is 36.0 Å². The molecule has 1 fully saturated rings. The number of hydrogen-bond acceptors (Lipinski definition) is 2. The maximum Gasteiger partial charge on any atom is 0.0206 e. The average molecular weight is 260 g/mol. The number of rotatable bonds is 4. The van der Waals surface area contributed by atoms with Gasteiger partial charge in [-0.3, -0.25) is 0 Å². The predicted molar refractivity (Wildman–Crippen MR) is 82.8 cm³/mol. The summed E-state index contributed by atoms with van der Waals surface area (Å²) in [5.41, 5.74) is 4.67. The molecular weight excluding hydrogens is 232 g/mol. The lowest BCUT2D eigenvalue weighted by atomic mass is 9.82. The van der Waals surface area contributed by atoms with Gasteiger partial charge in [0.25, 0.3) is 0 Å². The summed E-state index contributed by atoms with van der Waals surface area (Å²) in [7, 11) is 4.36. The van der Waals surface area contributed by atoms with Gasteiger partial charge in [-0.15, -0.1) is 0 Å². The Labute approximate surface area is 118 Å². The maximum absolute atomic E-state index is 3.61. The summed E-state index contributed by atoms with van der Waals surface area (Å²) < 4.78 is 0. The van der Waals surface area contributed by atoms with Crippen molar-refractivity contribution in [3.05, 3.63) is 34.9 Å². The van der Waals surface area contributed by atoms with E-state index in [9.17, 15) is 0 Å². The van der Waals surface area contributed by atoms with Gasteiger partial charge in [0, 0.05) is 5.54 Å². The molecule has 0 unspecified atom stereocenters. The van der Waals surface area contributed by atoms with Gasteiger partial charge in [-0.05, 0) is 77.8 Å². The van der Waals surface area contributed by atoms with Gasteiger partial charge in [-0.25, -0.2) is 0 Å². The summed E-state index contributed by atoms with van der Waals surface area (Å²) in [5, 5.41) is 3.61. The Kier molecular flexibility index (Phi) is 4.64. The lowest BCUT2D eigenvalue weighted by Crippen LogP contribution is -2.51. The zero-order valence-corrected chi connectivity index (χ0v) is 12.9. The predicted octanol–water partition coefficient (Wildman–Crippen LogP) is 2.92. The highest BCUT2D eigenvalue weighted by molar-refractivity contribution is 5.30. The Hall–Kier alpha value is -0.860. The van der Waals surface area contributed by atoms with E-state index < -0.39 is 0 Å². The van der Waals surface area contributed by atoms with Crippen LogP contribution in [0.5, 0.6) is 0 Å². The van der Waals surface area contributed by atoms with Crippen LogP contribution in [0.3, 0.4) is 0 Å². The summed E-state index contributed by atoms with van der Waals surface area (Å²) in [4.78, 5) is 2.44. The molecule has 0 aliphatic carbocycles. The molecule has 1 aromatic carbocycles. The van der Waals surface area contributed by atoms with Gasteiger partial charge in [-0.1, -0.05) is 23.8 Å². The molecule has 0 aromatic heterocycles. The van der Waals surface area contributed by atoms with E-state index >= 15 is 0 Å². The molecule has 2 rings (SSSR count). The van der Waals surface area contributed by atoms with Crippen molar-refractivity contribution < 1.29 is 0 Å². The average Bonchev–Trinajstić information content (AvgIpc) is 2.40. The highest BCUT2D eigenvalue weighted by Gasteiger charge is 2.31. The Morgan fingerprint density at radius 1 is 1.21 bits per heavy atom. The minimum atomic E-state index is 0.351. The van der Waals surface area contributed by atoms with Crippen molar-refractivity contribution >= 4 is 0 Å². The number of aryl methyl sites for hydroxylation is 3. The van der Waals surface area contributed by atoms with Crippen LogP contribution in [0.25, 0.3) is 0 Å². The smallest absolute Gasteiger partial charge is 0.0206 e. The highest BCUT2D eigenvalue weighted by Crippen LogP contribution is 2.27. The van der Waals surface area contributed by atoms with E-state index in [0.29, 0.717) is 5.54 Å². The summed E-state index contributed by atoms with van der Waals surface area (Å²) in [6.45, 7) is 6.84. The molecule has 0 spiro atoms. The van der Waals surface area contributed by atoms with E-state index in [1.165, 1.54) is 55.5 Å². The quantitative estimate of drug-likeness (QED) is 0.895. The molecule has 0 radical (unpaired) electrons. The normalized spacial score (nSPS) is 19.6. The standard InChI is InChI=1S/C17H28N2/c1-14-5-6-16(15(2)13-14)7-8-17(18-3)9-11-19(4)12-10-17/h5-6,13,18H,7-12H2,1-4H3. The first-order valence-electron chi connectivity index (χ1n) is 7.48. The first kappa shape index (κ1) is 14.5. The third-order valence-electron chi connectivity index (χ3n) is 4.85. The molecule has 106 valence electrons. The molecular formula is C17H28N2. The van der Waals surface area contributed by atoms with Crippen molar-refractivity contribution in [2.75, 3.05) is 27.2 Å². The maximum atomic E-state index is 3.61. The van der Waals surface area contributed by atoms with Crippen LogP contribution in [0.15, 0.2) is 18.2 Å². The first-order valence-corrected chi connectivity index (χ1v) is 7.48. The van der Waals surface area contributed by atoms with Gasteiger partial charge < -0.3 is 10.2 Å². The van der Waals surface area contributed by atoms with E-state index in [-0.39, 0.29) is 0 Å². The van der Waals surface area contributed by atoms with Gasteiger partial charge in [0.15, 0.2) is 0 Å².